The monoisotopic (exact) mass is 283 g/mol. The van der Waals surface area contributed by atoms with Crippen molar-refractivity contribution in [3.8, 4) is 0 Å². The van der Waals surface area contributed by atoms with Crippen LogP contribution in [0.25, 0.3) is 0 Å². The standard InChI is InChI=1S/C13H18NO4P/c1-13(2)8-17-19(16,10-14-9-15)18-12(13)11-6-4-3-5-7-11/h3-7,9,12H,8,10H2,1-2H3,(H,14,15)/t12-,19-/m1/s1. The molecule has 0 bridgehead atoms. The summed E-state index contributed by atoms with van der Waals surface area (Å²) in [6, 6.07) is 9.63. The second kappa shape index (κ2) is 5.45. The van der Waals surface area contributed by atoms with E-state index in [0.29, 0.717) is 13.0 Å². The van der Waals surface area contributed by atoms with Crippen LogP contribution in [0.4, 0.5) is 0 Å². The summed E-state index contributed by atoms with van der Waals surface area (Å²) in [5.74, 6) is 0. The molecule has 1 amide bonds. The number of amides is 1. The summed E-state index contributed by atoms with van der Waals surface area (Å²) in [4.78, 5) is 10.3. The first-order valence-electron chi connectivity index (χ1n) is 6.11. The molecule has 0 saturated carbocycles. The molecule has 0 radical (unpaired) electrons. The molecular formula is C13H18NO4P. The molecule has 1 fully saturated rings. The predicted octanol–water partition coefficient (Wildman–Crippen LogP) is 2.70. The molecule has 1 heterocycles. The molecule has 1 aliphatic heterocycles. The fourth-order valence-corrected chi connectivity index (χ4v) is 3.83. The highest BCUT2D eigenvalue weighted by Crippen LogP contribution is 2.59. The van der Waals surface area contributed by atoms with Crippen molar-refractivity contribution in [3.05, 3.63) is 35.9 Å². The Morgan fingerprint density at radius 2 is 2.11 bits per heavy atom. The first-order valence-corrected chi connectivity index (χ1v) is 7.84. The summed E-state index contributed by atoms with van der Waals surface area (Å²) in [5.41, 5.74) is 0.679. The molecule has 1 aromatic carbocycles. The molecule has 104 valence electrons. The van der Waals surface area contributed by atoms with Crippen LogP contribution in [-0.2, 0) is 18.4 Å². The summed E-state index contributed by atoms with van der Waals surface area (Å²) in [5, 5.41) is 2.36. The molecule has 1 aliphatic rings. The highest BCUT2D eigenvalue weighted by atomic mass is 31.2. The van der Waals surface area contributed by atoms with Gasteiger partial charge in [0, 0.05) is 5.41 Å². The Balaban J connectivity index is 2.23. The van der Waals surface area contributed by atoms with Gasteiger partial charge in [0.2, 0.25) is 6.41 Å². The van der Waals surface area contributed by atoms with Gasteiger partial charge < -0.3 is 9.84 Å². The van der Waals surface area contributed by atoms with Crippen LogP contribution in [0.1, 0.15) is 25.5 Å². The van der Waals surface area contributed by atoms with Gasteiger partial charge in [-0.25, -0.2) is 0 Å². The Morgan fingerprint density at radius 1 is 1.42 bits per heavy atom. The van der Waals surface area contributed by atoms with Crippen molar-refractivity contribution in [3.63, 3.8) is 0 Å². The van der Waals surface area contributed by atoms with Crippen LogP contribution in [0, 0.1) is 5.41 Å². The van der Waals surface area contributed by atoms with Crippen LogP contribution in [0.5, 0.6) is 0 Å². The molecule has 0 aliphatic carbocycles. The van der Waals surface area contributed by atoms with E-state index in [9.17, 15) is 9.36 Å². The smallest absolute Gasteiger partial charge is 0.347 e. The minimum Gasteiger partial charge on any atom is -0.347 e. The molecule has 0 unspecified atom stereocenters. The van der Waals surface area contributed by atoms with Gasteiger partial charge in [0.05, 0.1) is 12.7 Å². The van der Waals surface area contributed by atoms with Gasteiger partial charge >= 0.3 is 7.60 Å². The SMILES string of the molecule is CC1(C)CO[P@](=O)(CNC=O)O[C@@H]1c1ccccc1. The average molecular weight is 283 g/mol. The van der Waals surface area contributed by atoms with Gasteiger partial charge in [0.15, 0.2) is 0 Å². The minimum atomic E-state index is -3.27. The second-order valence-corrected chi connectivity index (χ2v) is 7.26. The van der Waals surface area contributed by atoms with E-state index in [1.165, 1.54) is 0 Å². The number of nitrogens with one attached hydrogen (secondary N) is 1. The molecule has 5 nitrogen and oxygen atoms in total. The zero-order valence-corrected chi connectivity index (χ0v) is 11.9. The first kappa shape index (κ1) is 14.3. The van der Waals surface area contributed by atoms with Gasteiger partial charge in [-0.1, -0.05) is 44.2 Å². The van der Waals surface area contributed by atoms with Crippen LogP contribution < -0.4 is 5.32 Å². The number of benzene rings is 1. The van der Waals surface area contributed by atoms with Crippen LogP contribution in [0.3, 0.4) is 0 Å². The molecular weight excluding hydrogens is 265 g/mol. The first-order chi connectivity index (χ1) is 8.97. The van der Waals surface area contributed by atoms with Gasteiger partial charge in [-0.2, -0.15) is 0 Å². The van der Waals surface area contributed by atoms with E-state index >= 15 is 0 Å². The summed E-state index contributed by atoms with van der Waals surface area (Å²) in [6.07, 6.45) is 0.0706. The zero-order chi connectivity index (χ0) is 13.9. The maximum Gasteiger partial charge on any atom is 0.350 e. The summed E-state index contributed by atoms with van der Waals surface area (Å²) in [7, 11) is -3.27. The normalized spacial score (nSPS) is 29.7. The Kier molecular flexibility index (Phi) is 4.09. The molecule has 2 rings (SSSR count). The summed E-state index contributed by atoms with van der Waals surface area (Å²) in [6.45, 7) is 4.33. The number of hydrogen-bond acceptors (Lipinski definition) is 4. The van der Waals surface area contributed by atoms with E-state index in [4.69, 9.17) is 9.05 Å². The largest absolute Gasteiger partial charge is 0.350 e. The van der Waals surface area contributed by atoms with Crippen LogP contribution >= 0.6 is 7.60 Å². The topological polar surface area (TPSA) is 64.6 Å². The lowest BCUT2D eigenvalue weighted by atomic mass is 9.83. The van der Waals surface area contributed by atoms with Crippen molar-refractivity contribution in [2.75, 3.05) is 12.9 Å². The van der Waals surface area contributed by atoms with Gasteiger partial charge in [0.1, 0.15) is 6.29 Å². The quantitative estimate of drug-likeness (QED) is 0.681. The molecule has 1 aromatic rings. The van der Waals surface area contributed by atoms with E-state index in [-0.39, 0.29) is 17.8 Å². The fourth-order valence-electron chi connectivity index (χ4n) is 2.05. The number of rotatable bonds is 4. The van der Waals surface area contributed by atoms with Crippen molar-refractivity contribution in [1.82, 2.24) is 5.32 Å². The van der Waals surface area contributed by atoms with Crippen LogP contribution in [-0.4, -0.2) is 19.3 Å². The van der Waals surface area contributed by atoms with Crippen molar-refractivity contribution in [2.24, 2.45) is 5.41 Å². The Bertz CT molecular complexity index is 489. The van der Waals surface area contributed by atoms with Crippen LogP contribution in [0.2, 0.25) is 0 Å². The Labute approximate surface area is 112 Å². The third-order valence-electron chi connectivity index (χ3n) is 3.08. The van der Waals surface area contributed by atoms with Gasteiger partial charge in [-0.3, -0.25) is 13.9 Å². The zero-order valence-electron chi connectivity index (χ0n) is 11.0. The third-order valence-corrected chi connectivity index (χ3v) is 4.70. The lowest BCUT2D eigenvalue weighted by Gasteiger charge is -2.41. The van der Waals surface area contributed by atoms with Crippen molar-refractivity contribution < 1.29 is 18.4 Å². The highest BCUT2D eigenvalue weighted by molar-refractivity contribution is 7.53. The highest BCUT2D eigenvalue weighted by Gasteiger charge is 2.44. The molecule has 0 spiro atoms. The van der Waals surface area contributed by atoms with E-state index in [1.807, 2.05) is 44.2 Å². The summed E-state index contributed by atoms with van der Waals surface area (Å²) >= 11 is 0. The predicted molar refractivity (Wildman–Crippen MR) is 71.7 cm³/mol. The van der Waals surface area contributed by atoms with Crippen molar-refractivity contribution in [2.45, 2.75) is 20.0 Å². The number of carbonyl (C=O) groups excluding carboxylic acids is 1. The molecule has 1 N–H and O–H groups in total. The van der Waals surface area contributed by atoms with Gasteiger partial charge in [-0.15, -0.1) is 0 Å². The maximum absolute atomic E-state index is 12.4. The van der Waals surface area contributed by atoms with Crippen LogP contribution in [0.15, 0.2) is 30.3 Å². The Morgan fingerprint density at radius 3 is 2.74 bits per heavy atom. The van der Waals surface area contributed by atoms with Crippen molar-refractivity contribution in [1.29, 1.82) is 0 Å². The lowest BCUT2D eigenvalue weighted by molar-refractivity contribution is -0.109. The minimum absolute atomic E-state index is 0.101. The van der Waals surface area contributed by atoms with E-state index in [2.05, 4.69) is 5.32 Å². The number of hydrogen-bond donors (Lipinski definition) is 1. The second-order valence-electron chi connectivity index (χ2n) is 5.25. The van der Waals surface area contributed by atoms with Gasteiger partial charge in [0.25, 0.3) is 0 Å². The Hall–Kier alpha value is -1.16. The number of carbonyl (C=O) groups is 1. The van der Waals surface area contributed by atoms with E-state index < -0.39 is 7.60 Å². The average Bonchev–Trinajstić information content (AvgIpc) is 2.41. The summed E-state index contributed by atoms with van der Waals surface area (Å²) < 4.78 is 23.4. The van der Waals surface area contributed by atoms with E-state index in [1.54, 1.807) is 0 Å². The van der Waals surface area contributed by atoms with Gasteiger partial charge in [-0.05, 0) is 5.56 Å². The maximum atomic E-state index is 12.4. The molecule has 6 heteroatoms. The fraction of sp³-hybridized carbons (Fsp3) is 0.462. The molecule has 2 atom stereocenters. The van der Waals surface area contributed by atoms with E-state index in [0.717, 1.165) is 5.56 Å². The molecule has 19 heavy (non-hydrogen) atoms. The third kappa shape index (κ3) is 3.24. The molecule has 0 aromatic heterocycles. The molecule has 1 saturated heterocycles. The lowest BCUT2D eigenvalue weighted by Crippen LogP contribution is -2.35. The van der Waals surface area contributed by atoms with Crippen molar-refractivity contribution >= 4 is 14.0 Å².